The van der Waals surface area contributed by atoms with E-state index < -0.39 is 0 Å². The molecule has 1 aliphatic carbocycles. The molecule has 0 bridgehead atoms. The SMILES string of the molecule is COCCN(Cc1cccn1-c1ccccn1)CC1CCCN(C2Cc3ccccc3C2)C1. The zero-order valence-corrected chi connectivity index (χ0v) is 19.8. The van der Waals surface area contributed by atoms with Crippen molar-refractivity contribution in [3.63, 3.8) is 0 Å². The van der Waals surface area contributed by atoms with E-state index in [0.717, 1.165) is 32.1 Å². The summed E-state index contributed by atoms with van der Waals surface area (Å²) in [5.74, 6) is 1.69. The van der Waals surface area contributed by atoms with E-state index >= 15 is 0 Å². The van der Waals surface area contributed by atoms with E-state index in [4.69, 9.17) is 4.74 Å². The molecule has 5 nitrogen and oxygen atoms in total. The van der Waals surface area contributed by atoms with E-state index in [0.29, 0.717) is 12.0 Å². The third kappa shape index (κ3) is 5.37. The first-order chi connectivity index (χ1) is 16.3. The number of ether oxygens (including phenoxy) is 1. The molecule has 0 spiro atoms. The maximum Gasteiger partial charge on any atom is 0.136 e. The number of benzene rings is 1. The Morgan fingerprint density at radius 2 is 1.85 bits per heavy atom. The minimum Gasteiger partial charge on any atom is -0.383 e. The summed E-state index contributed by atoms with van der Waals surface area (Å²) in [5, 5.41) is 0. The Kier molecular flexibility index (Phi) is 7.20. The second kappa shape index (κ2) is 10.6. The summed E-state index contributed by atoms with van der Waals surface area (Å²) in [6.07, 6.45) is 9.04. The molecule has 2 aliphatic rings. The largest absolute Gasteiger partial charge is 0.383 e. The lowest BCUT2D eigenvalue weighted by molar-refractivity contribution is 0.0837. The van der Waals surface area contributed by atoms with E-state index in [1.165, 1.54) is 44.5 Å². The molecule has 1 fully saturated rings. The molecular formula is C28H36N4O. The highest BCUT2D eigenvalue weighted by molar-refractivity contribution is 5.33. The van der Waals surface area contributed by atoms with Crippen LogP contribution in [0.4, 0.5) is 0 Å². The minimum atomic E-state index is 0.680. The van der Waals surface area contributed by atoms with Crippen molar-refractivity contribution in [2.24, 2.45) is 5.92 Å². The maximum absolute atomic E-state index is 5.46. The number of hydrogen-bond acceptors (Lipinski definition) is 4. The van der Waals surface area contributed by atoms with E-state index in [9.17, 15) is 0 Å². The second-order valence-electron chi connectivity index (χ2n) is 9.62. The van der Waals surface area contributed by atoms with Crippen molar-refractivity contribution in [2.75, 3.05) is 39.9 Å². The molecule has 1 aliphatic heterocycles. The summed E-state index contributed by atoms with van der Waals surface area (Å²) in [7, 11) is 1.80. The average molecular weight is 445 g/mol. The number of pyridine rings is 1. The van der Waals surface area contributed by atoms with E-state index in [2.05, 4.69) is 68.0 Å². The van der Waals surface area contributed by atoms with Gasteiger partial charge >= 0.3 is 0 Å². The summed E-state index contributed by atoms with van der Waals surface area (Å²) in [5.41, 5.74) is 4.40. The Morgan fingerprint density at radius 1 is 1.03 bits per heavy atom. The molecule has 3 heterocycles. The molecule has 5 rings (SSSR count). The first kappa shape index (κ1) is 22.3. The van der Waals surface area contributed by atoms with Gasteiger partial charge in [0.1, 0.15) is 5.82 Å². The van der Waals surface area contributed by atoms with Gasteiger partial charge in [-0.05, 0) is 73.5 Å². The molecule has 2 aromatic heterocycles. The predicted molar refractivity (Wildman–Crippen MR) is 133 cm³/mol. The number of likely N-dealkylation sites (tertiary alicyclic amines) is 1. The van der Waals surface area contributed by atoms with Crippen LogP contribution >= 0.6 is 0 Å². The lowest BCUT2D eigenvalue weighted by Crippen LogP contribution is -2.46. The fourth-order valence-corrected chi connectivity index (χ4v) is 5.69. The highest BCUT2D eigenvalue weighted by atomic mass is 16.5. The lowest BCUT2D eigenvalue weighted by atomic mass is 9.95. The van der Waals surface area contributed by atoms with Crippen molar-refractivity contribution in [1.82, 2.24) is 19.4 Å². The van der Waals surface area contributed by atoms with Crippen molar-refractivity contribution >= 4 is 0 Å². The predicted octanol–water partition coefficient (Wildman–Crippen LogP) is 4.20. The zero-order chi connectivity index (χ0) is 22.5. The van der Waals surface area contributed by atoms with Crippen LogP contribution in [0.2, 0.25) is 0 Å². The van der Waals surface area contributed by atoms with Gasteiger partial charge in [-0.25, -0.2) is 4.98 Å². The van der Waals surface area contributed by atoms with Crippen molar-refractivity contribution in [3.8, 4) is 5.82 Å². The van der Waals surface area contributed by atoms with Crippen LogP contribution in [-0.4, -0.2) is 65.3 Å². The Morgan fingerprint density at radius 3 is 2.61 bits per heavy atom. The number of aromatic nitrogens is 2. The fraction of sp³-hybridized carbons (Fsp3) is 0.464. The molecule has 0 N–H and O–H groups in total. The average Bonchev–Trinajstić information content (AvgIpc) is 3.50. The monoisotopic (exact) mass is 444 g/mol. The summed E-state index contributed by atoms with van der Waals surface area (Å²) >= 11 is 0. The molecule has 174 valence electrons. The van der Waals surface area contributed by atoms with Crippen molar-refractivity contribution < 1.29 is 4.74 Å². The van der Waals surface area contributed by atoms with Crippen LogP contribution < -0.4 is 0 Å². The quantitative estimate of drug-likeness (QED) is 0.495. The van der Waals surface area contributed by atoms with Crippen LogP contribution in [-0.2, 0) is 24.1 Å². The third-order valence-corrected chi connectivity index (χ3v) is 7.34. The van der Waals surface area contributed by atoms with E-state index in [1.54, 1.807) is 18.2 Å². The molecule has 33 heavy (non-hydrogen) atoms. The van der Waals surface area contributed by atoms with Crippen LogP contribution in [0.25, 0.3) is 5.82 Å². The molecule has 0 radical (unpaired) electrons. The maximum atomic E-state index is 5.46. The lowest BCUT2D eigenvalue weighted by Gasteiger charge is -2.38. The number of nitrogens with zero attached hydrogens (tertiary/aromatic N) is 4. The van der Waals surface area contributed by atoms with Crippen molar-refractivity contribution in [1.29, 1.82) is 0 Å². The van der Waals surface area contributed by atoms with Gasteiger partial charge in [-0.2, -0.15) is 0 Å². The summed E-state index contributed by atoms with van der Waals surface area (Å²) < 4.78 is 7.67. The van der Waals surface area contributed by atoms with Crippen molar-refractivity contribution in [2.45, 2.75) is 38.3 Å². The molecule has 3 aromatic rings. The molecule has 0 amide bonds. The highest BCUT2D eigenvalue weighted by Crippen LogP contribution is 2.29. The van der Waals surface area contributed by atoms with Gasteiger partial charge in [0.25, 0.3) is 0 Å². The number of hydrogen-bond donors (Lipinski definition) is 0. The molecular weight excluding hydrogens is 408 g/mol. The molecule has 1 atom stereocenters. The van der Waals surface area contributed by atoms with Crippen molar-refractivity contribution in [3.05, 3.63) is 83.8 Å². The Bertz CT molecular complexity index is 993. The van der Waals surface area contributed by atoms with Gasteiger partial charge in [0, 0.05) is 57.4 Å². The smallest absolute Gasteiger partial charge is 0.136 e. The molecule has 1 aromatic carbocycles. The molecule has 0 saturated carbocycles. The molecule has 1 unspecified atom stereocenters. The summed E-state index contributed by atoms with van der Waals surface area (Å²) in [6, 6.07) is 20.1. The van der Waals surface area contributed by atoms with Gasteiger partial charge in [0.15, 0.2) is 0 Å². The number of piperidine rings is 1. The Balaban J connectivity index is 1.24. The summed E-state index contributed by atoms with van der Waals surface area (Å²) in [6.45, 7) is 6.21. The Labute approximate surface area is 198 Å². The normalized spacial score (nSPS) is 19.3. The van der Waals surface area contributed by atoms with Gasteiger partial charge in [-0.1, -0.05) is 30.3 Å². The minimum absolute atomic E-state index is 0.680. The first-order valence-electron chi connectivity index (χ1n) is 12.4. The summed E-state index contributed by atoms with van der Waals surface area (Å²) in [4.78, 5) is 9.91. The van der Waals surface area contributed by atoms with E-state index in [1.807, 2.05) is 18.3 Å². The van der Waals surface area contributed by atoms with Crippen LogP contribution in [0.3, 0.4) is 0 Å². The van der Waals surface area contributed by atoms with Gasteiger partial charge in [0.2, 0.25) is 0 Å². The standard InChI is InChI=1S/C28H36N4O/c1-33-17-16-30(22-26-11-7-15-32(26)28-12-4-5-13-29-28)20-23-8-6-14-31(21-23)27-18-24-9-2-3-10-25(24)19-27/h2-5,7,9-13,15,23,27H,6,8,14,16-22H2,1H3. The van der Waals surface area contributed by atoms with Crippen LogP contribution in [0.1, 0.15) is 29.7 Å². The fourth-order valence-electron chi connectivity index (χ4n) is 5.69. The first-order valence-corrected chi connectivity index (χ1v) is 12.4. The zero-order valence-electron chi connectivity index (χ0n) is 19.8. The van der Waals surface area contributed by atoms with Crippen LogP contribution in [0.5, 0.6) is 0 Å². The van der Waals surface area contributed by atoms with Gasteiger partial charge in [0.05, 0.1) is 6.61 Å². The van der Waals surface area contributed by atoms with Gasteiger partial charge < -0.3 is 9.30 Å². The topological polar surface area (TPSA) is 33.5 Å². The van der Waals surface area contributed by atoms with Crippen LogP contribution in [0.15, 0.2) is 67.0 Å². The molecule has 5 heteroatoms. The Hall–Kier alpha value is -2.47. The second-order valence-corrected chi connectivity index (χ2v) is 9.62. The van der Waals surface area contributed by atoms with E-state index in [-0.39, 0.29) is 0 Å². The third-order valence-electron chi connectivity index (χ3n) is 7.34. The van der Waals surface area contributed by atoms with Gasteiger partial charge in [-0.3, -0.25) is 9.80 Å². The van der Waals surface area contributed by atoms with Crippen LogP contribution in [0, 0.1) is 5.92 Å². The highest BCUT2D eigenvalue weighted by Gasteiger charge is 2.31. The number of rotatable bonds is 9. The number of fused-ring (bicyclic) bond motifs is 1. The molecule has 1 saturated heterocycles. The number of methoxy groups -OCH3 is 1. The van der Waals surface area contributed by atoms with Gasteiger partial charge in [-0.15, -0.1) is 0 Å².